The van der Waals surface area contributed by atoms with Crippen molar-refractivity contribution in [1.82, 2.24) is 20.3 Å². The van der Waals surface area contributed by atoms with E-state index in [0.29, 0.717) is 18.4 Å². The SMILES string of the molecule is CC(C)[C@H](NC(=O)c1ccc2ccccc2c1)C(=O)N1CCC[C@H]1C(=O)N[C@@H](CC(=O)NS(C)(=O)=O)C(=O)S. The summed E-state index contributed by atoms with van der Waals surface area (Å²) in [6, 6.07) is 9.58. The molecule has 3 rings (SSSR count). The van der Waals surface area contributed by atoms with Gasteiger partial charge in [-0.2, -0.15) is 0 Å². The summed E-state index contributed by atoms with van der Waals surface area (Å²) in [4.78, 5) is 65.0. The number of rotatable bonds is 10. The van der Waals surface area contributed by atoms with Crippen LogP contribution in [0.1, 0.15) is 43.5 Å². The zero-order valence-electron chi connectivity index (χ0n) is 21.8. The van der Waals surface area contributed by atoms with E-state index in [1.54, 1.807) is 30.7 Å². The molecule has 39 heavy (non-hydrogen) atoms. The minimum Gasteiger partial charge on any atom is -0.343 e. The molecule has 2 aromatic carbocycles. The molecule has 3 N–H and O–H groups in total. The minimum absolute atomic E-state index is 0.264. The lowest BCUT2D eigenvalue weighted by Gasteiger charge is -2.31. The number of nitrogens with one attached hydrogen (secondary N) is 3. The van der Waals surface area contributed by atoms with Crippen LogP contribution in [0.3, 0.4) is 0 Å². The zero-order valence-corrected chi connectivity index (χ0v) is 23.6. The molecule has 3 atom stereocenters. The standard InChI is InChI=1S/C26H32N4O7S2/c1-15(2)22(28-23(32)18-11-10-16-7-4-5-8-17(16)13-18)25(34)30-12-6-9-20(30)24(33)27-19(26(35)38)14-21(31)29-39(3,36)37/h4-5,7-8,10-11,13,15,19-20,22H,6,9,12,14H2,1-3H3,(H,27,33)(H,28,32)(H,29,31)(H,35,38)/t19-,20-,22-/m0/s1. The first-order chi connectivity index (χ1) is 18.3. The molecule has 210 valence electrons. The fraction of sp³-hybridized carbons (Fsp3) is 0.423. The van der Waals surface area contributed by atoms with Crippen LogP contribution in [0, 0.1) is 5.92 Å². The van der Waals surface area contributed by atoms with Gasteiger partial charge in [0.05, 0.1) is 12.7 Å². The number of amides is 4. The van der Waals surface area contributed by atoms with Crippen molar-refractivity contribution in [3.8, 4) is 0 Å². The first-order valence-corrected chi connectivity index (χ1v) is 14.7. The number of carbonyl (C=O) groups excluding carboxylic acids is 5. The Labute approximate surface area is 232 Å². The smallest absolute Gasteiger partial charge is 0.251 e. The van der Waals surface area contributed by atoms with Gasteiger partial charge in [-0.1, -0.05) is 44.2 Å². The van der Waals surface area contributed by atoms with Crippen molar-refractivity contribution < 1.29 is 32.4 Å². The van der Waals surface area contributed by atoms with Gasteiger partial charge in [0.15, 0.2) is 0 Å². The number of fused-ring (bicyclic) bond motifs is 1. The highest BCUT2D eigenvalue weighted by Gasteiger charge is 2.39. The van der Waals surface area contributed by atoms with Crippen molar-refractivity contribution in [1.29, 1.82) is 0 Å². The van der Waals surface area contributed by atoms with Gasteiger partial charge in [-0.25, -0.2) is 8.42 Å². The lowest BCUT2D eigenvalue weighted by Crippen LogP contribution is -2.56. The molecule has 1 saturated heterocycles. The number of likely N-dealkylation sites (tertiary alicyclic amines) is 1. The fourth-order valence-electron chi connectivity index (χ4n) is 4.45. The maximum atomic E-state index is 13.6. The van der Waals surface area contributed by atoms with E-state index in [1.165, 1.54) is 4.90 Å². The van der Waals surface area contributed by atoms with Crippen molar-refractivity contribution in [2.24, 2.45) is 5.92 Å². The maximum Gasteiger partial charge on any atom is 0.251 e. The molecule has 0 spiro atoms. The molecule has 1 aliphatic rings. The fourth-order valence-corrected chi connectivity index (χ4v) is 5.10. The molecule has 0 aromatic heterocycles. The third-order valence-electron chi connectivity index (χ3n) is 6.37. The maximum absolute atomic E-state index is 13.6. The summed E-state index contributed by atoms with van der Waals surface area (Å²) in [5.41, 5.74) is 0.394. The van der Waals surface area contributed by atoms with E-state index in [1.807, 2.05) is 30.3 Å². The molecule has 0 unspecified atom stereocenters. The highest BCUT2D eigenvalue weighted by atomic mass is 32.2. The number of nitrogens with zero attached hydrogens (tertiary/aromatic N) is 1. The molecule has 0 radical (unpaired) electrons. The molecule has 1 heterocycles. The Kier molecular flexibility index (Phi) is 9.73. The Hall–Kier alpha value is -3.45. The van der Waals surface area contributed by atoms with Crippen molar-refractivity contribution in [3.05, 3.63) is 48.0 Å². The van der Waals surface area contributed by atoms with Gasteiger partial charge in [-0.05, 0) is 41.7 Å². The predicted molar refractivity (Wildman–Crippen MR) is 148 cm³/mol. The summed E-state index contributed by atoms with van der Waals surface area (Å²) < 4.78 is 24.3. The van der Waals surface area contributed by atoms with Crippen LogP contribution in [-0.4, -0.2) is 73.0 Å². The summed E-state index contributed by atoms with van der Waals surface area (Å²) in [5, 5.41) is 6.23. The molecule has 11 nitrogen and oxygen atoms in total. The molecule has 4 amide bonds. The molecule has 0 bridgehead atoms. The van der Waals surface area contributed by atoms with Gasteiger partial charge in [0.1, 0.15) is 18.1 Å². The molecule has 0 saturated carbocycles. The van der Waals surface area contributed by atoms with Crippen molar-refractivity contribution in [2.75, 3.05) is 12.8 Å². The average Bonchev–Trinajstić information content (AvgIpc) is 3.35. The number of hydrogen-bond acceptors (Lipinski definition) is 7. The Balaban J connectivity index is 1.72. The summed E-state index contributed by atoms with van der Waals surface area (Å²) in [5.74, 6) is -2.83. The first-order valence-electron chi connectivity index (χ1n) is 12.4. The lowest BCUT2D eigenvalue weighted by molar-refractivity contribution is -0.141. The van der Waals surface area contributed by atoms with Gasteiger partial charge in [0, 0.05) is 12.1 Å². The van der Waals surface area contributed by atoms with Crippen LogP contribution in [0.15, 0.2) is 42.5 Å². The summed E-state index contributed by atoms with van der Waals surface area (Å²) in [6.45, 7) is 3.83. The van der Waals surface area contributed by atoms with E-state index in [9.17, 15) is 32.4 Å². The topological polar surface area (TPSA) is 159 Å². The van der Waals surface area contributed by atoms with Crippen molar-refractivity contribution in [3.63, 3.8) is 0 Å². The highest BCUT2D eigenvalue weighted by Crippen LogP contribution is 2.22. The molecular weight excluding hydrogens is 544 g/mol. The second kappa shape index (κ2) is 12.6. The van der Waals surface area contributed by atoms with Gasteiger partial charge in [-0.3, -0.25) is 28.7 Å². The van der Waals surface area contributed by atoms with Crippen LogP contribution < -0.4 is 15.4 Å². The minimum atomic E-state index is -3.85. The quantitative estimate of drug-likeness (QED) is 0.307. The second-order valence-corrected chi connectivity index (χ2v) is 12.0. The summed E-state index contributed by atoms with van der Waals surface area (Å²) >= 11 is 3.70. The lowest BCUT2D eigenvalue weighted by atomic mass is 10.0. The van der Waals surface area contributed by atoms with Crippen LogP contribution in [0.5, 0.6) is 0 Å². The van der Waals surface area contributed by atoms with Gasteiger partial charge in [0.25, 0.3) is 5.91 Å². The number of sulfonamides is 1. The van der Waals surface area contributed by atoms with Crippen LogP contribution >= 0.6 is 12.6 Å². The largest absolute Gasteiger partial charge is 0.343 e. The van der Waals surface area contributed by atoms with Gasteiger partial charge >= 0.3 is 0 Å². The van der Waals surface area contributed by atoms with Crippen molar-refractivity contribution in [2.45, 2.75) is 51.2 Å². The van der Waals surface area contributed by atoms with E-state index < -0.39 is 63.3 Å². The Bertz CT molecular complexity index is 1390. The average molecular weight is 577 g/mol. The number of hydrogen-bond donors (Lipinski definition) is 4. The second-order valence-electron chi connectivity index (χ2n) is 9.85. The van der Waals surface area contributed by atoms with E-state index in [-0.39, 0.29) is 12.5 Å². The molecule has 0 aliphatic carbocycles. The summed E-state index contributed by atoms with van der Waals surface area (Å²) in [7, 11) is -3.85. The Morgan fingerprint density at radius 1 is 1.03 bits per heavy atom. The van der Waals surface area contributed by atoms with E-state index in [2.05, 4.69) is 23.3 Å². The molecule has 1 fully saturated rings. The van der Waals surface area contributed by atoms with Gasteiger partial charge in [0.2, 0.25) is 32.9 Å². The number of thiol groups is 1. The highest BCUT2D eigenvalue weighted by molar-refractivity contribution is 7.96. The predicted octanol–water partition coefficient (Wildman–Crippen LogP) is 0.992. The third kappa shape index (κ3) is 8.02. The van der Waals surface area contributed by atoms with Crippen LogP contribution in [0.4, 0.5) is 0 Å². The first kappa shape index (κ1) is 30.1. The van der Waals surface area contributed by atoms with Crippen LogP contribution in [0.25, 0.3) is 10.8 Å². The van der Waals surface area contributed by atoms with E-state index in [0.717, 1.165) is 17.0 Å². The third-order valence-corrected chi connectivity index (χ3v) is 7.28. The molecular formula is C26H32N4O7S2. The number of carbonyl (C=O) groups is 5. The molecule has 13 heteroatoms. The molecule has 1 aliphatic heterocycles. The number of benzene rings is 2. The van der Waals surface area contributed by atoms with E-state index in [4.69, 9.17) is 0 Å². The Morgan fingerprint density at radius 3 is 2.31 bits per heavy atom. The van der Waals surface area contributed by atoms with Crippen molar-refractivity contribution >= 4 is 62.2 Å². The molecule has 2 aromatic rings. The van der Waals surface area contributed by atoms with Gasteiger partial charge in [-0.15, -0.1) is 12.6 Å². The monoisotopic (exact) mass is 576 g/mol. The normalized spacial score (nSPS) is 16.9. The van der Waals surface area contributed by atoms with Crippen LogP contribution in [0.2, 0.25) is 0 Å². The summed E-state index contributed by atoms with van der Waals surface area (Å²) in [6.07, 6.45) is 0.969. The Morgan fingerprint density at radius 2 is 1.69 bits per heavy atom. The van der Waals surface area contributed by atoms with Gasteiger partial charge < -0.3 is 15.5 Å². The zero-order chi connectivity index (χ0) is 28.9. The van der Waals surface area contributed by atoms with E-state index >= 15 is 0 Å². The van der Waals surface area contributed by atoms with Crippen LogP contribution in [-0.2, 0) is 29.2 Å².